The van der Waals surface area contributed by atoms with E-state index >= 15 is 0 Å². The maximum absolute atomic E-state index is 12.3. The van der Waals surface area contributed by atoms with Gasteiger partial charge in [-0.15, -0.1) is 13.2 Å². The first-order valence-corrected chi connectivity index (χ1v) is 15.2. The Morgan fingerprint density at radius 2 is 1.40 bits per heavy atom. The standard InChI is InChI=1S/C33H33F3N4O7/c34-33(35,36)47-29-5-1-23(2-6-29)20-43-27-9-11-28(12-10-27)44-21-24-13-16-38(17-14-24)25-3-7-26(8-4-25)45-22-30-15-18-39-19-31(40(41)42)37-32(39)46-30/h1-12,19,24,30H,13-18,20-22H2/t30-/m1/s1. The first kappa shape index (κ1) is 31.8. The molecule has 1 saturated heterocycles. The summed E-state index contributed by atoms with van der Waals surface area (Å²) in [6.45, 7) is 3.56. The third-order valence-corrected chi connectivity index (χ3v) is 8.00. The van der Waals surface area contributed by atoms with E-state index in [2.05, 4.69) is 14.6 Å². The van der Waals surface area contributed by atoms with Gasteiger partial charge in [0.15, 0.2) is 0 Å². The van der Waals surface area contributed by atoms with Gasteiger partial charge in [-0.25, -0.2) is 0 Å². The third kappa shape index (κ3) is 8.77. The number of ether oxygens (including phenoxy) is 5. The number of benzene rings is 3. The van der Waals surface area contributed by atoms with Crippen molar-refractivity contribution >= 4 is 11.5 Å². The van der Waals surface area contributed by atoms with Crippen molar-refractivity contribution in [2.24, 2.45) is 5.92 Å². The summed E-state index contributed by atoms with van der Waals surface area (Å²) in [6.07, 6.45) is -0.899. The Balaban J connectivity index is 0.883. The minimum absolute atomic E-state index is 0.208. The average molecular weight is 655 g/mol. The lowest BCUT2D eigenvalue weighted by molar-refractivity contribution is -0.389. The van der Waals surface area contributed by atoms with E-state index in [1.807, 2.05) is 36.4 Å². The van der Waals surface area contributed by atoms with Gasteiger partial charge in [0.25, 0.3) is 0 Å². The number of piperidine rings is 1. The van der Waals surface area contributed by atoms with Crippen LogP contribution in [0.4, 0.5) is 24.7 Å². The lowest BCUT2D eigenvalue weighted by atomic mass is 9.97. The van der Waals surface area contributed by atoms with Gasteiger partial charge >= 0.3 is 18.2 Å². The topological polar surface area (TPSA) is 110 Å². The molecule has 6 rings (SSSR count). The minimum Gasteiger partial charge on any atom is -0.493 e. The predicted octanol–water partition coefficient (Wildman–Crippen LogP) is 6.79. The molecule has 4 aromatic rings. The van der Waals surface area contributed by atoms with Gasteiger partial charge in [-0.1, -0.05) is 12.1 Å². The second-order valence-electron chi connectivity index (χ2n) is 11.4. The van der Waals surface area contributed by atoms with Crippen LogP contribution < -0.4 is 28.6 Å². The van der Waals surface area contributed by atoms with Gasteiger partial charge < -0.3 is 38.7 Å². The lowest BCUT2D eigenvalue weighted by Gasteiger charge is -2.33. The van der Waals surface area contributed by atoms with Crippen molar-refractivity contribution in [3.05, 3.63) is 94.7 Å². The Labute approximate surface area is 268 Å². The number of nitro groups is 1. The molecule has 0 aliphatic carbocycles. The van der Waals surface area contributed by atoms with Gasteiger partial charge in [-0.2, -0.15) is 0 Å². The first-order valence-electron chi connectivity index (χ1n) is 15.2. The summed E-state index contributed by atoms with van der Waals surface area (Å²) in [4.78, 5) is 16.7. The van der Waals surface area contributed by atoms with Crippen LogP contribution in [-0.2, 0) is 13.2 Å². The molecule has 1 atom stereocenters. The molecule has 2 aliphatic heterocycles. The van der Waals surface area contributed by atoms with Crippen LogP contribution in [0, 0.1) is 16.0 Å². The molecule has 3 aromatic carbocycles. The number of halogens is 3. The van der Waals surface area contributed by atoms with E-state index in [-0.39, 0.29) is 30.3 Å². The van der Waals surface area contributed by atoms with Crippen LogP contribution in [0.25, 0.3) is 0 Å². The van der Waals surface area contributed by atoms with Crippen molar-refractivity contribution < 1.29 is 41.8 Å². The summed E-state index contributed by atoms with van der Waals surface area (Å²) in [5, 5.41) is 11.0. The molecule has 0 saturated carbocycles. The van der Waals surface area contributed by atoms with Crippen LogP contribution >= 0.6 is 0 Å². The zero-order chi connectivity index (χ0) is 32.8. The number of alkyl halides is 3. The molecule has 3 heterocycles. The largest absolute Gasteiger partial charge is 0.573 e. The molecular formula is C33H33F3N4O7. The zero-order valence-electron chi connectivity index (χ0n) is 25.3. The molecule has 0 N–H and O–H groups in total. The number of rotatable bonds is 12. The molecule has 14 heteroatoms. The second-order valence-corrected chi connectivity index (χ2v) is 11.4. The Morgan fingerprint density at radius 1 is 0.809 bits per heavy atom. The molecular weight excluding hydrogens is 621 g/mol. The SMILES string of the molecule is O=[N+]([O-])c1cn2c(n1)O[C@@H](COc1ccc(N3CCC(COc4ccc(OCc5ccc(OC(F)(F)F)cc5)cc4)CC3)cc1)CC2. The summed E-state index contributed by atoms with van der Waals surface area (Å²) < 4.78 is 66.0. The maximum atomic E-state index is 12.3. The summed E-state index contributed by atoms with van der Waals surface area (Å²) in [5.41, 5.74) is 1.84. The van der Waals surface area contributed by atoms with Crippen LogP contribution in [-0.4, -0.2) is 53.2 Å². The quantitative estimate of drug-likeness (QED) is 0.120. The molecule has 2 aliphatic rings. The fraction of sp³-hybridized carbons (Fsp3) is 0.364. The number of imidazole rings is 1. The summed E-state index contributed by atoms with van der Waals surface area (Å²) in [7, 11) is 0. The van der Waals surface area contributed by atoms with Crippen molar-refractivity contribution in [1.29, 1.82) is 0 Å². The highest BCUT2D eigenvalue weighted by Crippen LogP contribution is 2.29. The van der Waals surface area contributed by atoms with Crippen molar-refractivity contribution in [3.63, 3.8) is 0 Å². The van der Waals surface area contributed by atoms with Crippen LogP contribution in [0.15, 0.2) is 79.0 Å². The molecule has 11 nitrogen and oxygen atoms in total. The number of aryl methyl sites for hydroxylation is 1. The number of aromatic nitrogens is 2. The molecule has 0 spiro atoms. The molecule has 0 unspecified atom stereocenters. The van der Waals surface area contributed by atoms with E-state index in [9.17, 15) is 23.3 Å². The smallest absolute Gasteiger partial charge is 0.493 e. The Morgan fingerprint density at radius 3 is 2.04 bits per heavy atom. The van der Waals surface area contributed by atoms with Gasteiger partial charge in [-0.3, -0.25) is 4.57 Å². The number of hydrogen-bond acceptors (Lipinski definition) is 9. The van der Waals surface area contributed by atoms with Crippen molar-refractivity contribution in [3.8, 4) is 29.0 Å². The van der Waals surface area contributed by atoms with Crippen molar-refractivity contribution in [1.82, 2.24) is 9.55 Å². The third-order valence-electron chi connectivity index (χ3n) is 8.00. The number of fused-ring (bicyclic) bond motifs is 1. The number of nitrogens with zero attached hydrogens (tertiary/aromatic N) is 4. The number of anilines is 1. The first-order chi connectivity index (χ1) is 22.7. The summed E-state index contributed by atoms with van der Waals surface area (Å²) in [6, 6.07) is 21.1. The predicted molar refractivity (Wildman–Crippen MR) is 164 cm³/mol. The highest BCUT2D eigenvalue weighted by molar-refractivity contribution is 5.49. The van der Waals surface area contributed by atoms with E-state index in [0.717, 1.165) is 43.1 Å². The Kier molecular flexibility index (Phi) is 9.55. The Hall–Kier alpha value is -5.14. The molecule has 1 fully saturated rings. The molecule has 0 radical (unpaired) electrons. The fourth-order valence-electron chi connectivity index (χ4n) is 5.44. The molecule has 1 aromatic heterocycles. The molecule has 248 valence electrons. The second kappa shape index (κ2) is 14.1. The van der Waals surface area contributed by atoms with Crippen LogP contribution in [0.5, 0.6) is 29.0 Å². The van der Waals surface area contributed by atoms with Gasteiger partial charge in [0.1, 0.15) is 48.5 Å². The van der Waals surface area contributed by atoms with E-state index in [1.165, 1.54) is 30.5 Å². The van der Waals surface area contributed by atoms with Crippen LogP contribution in [0.2, 0.25) is 0 Å². The monoisotopic (exact) mass is 654 g/mol. The average Bonchev–Trinajstić information content (AvgIpc) is 3.51. The van der Waals surface area contributed by atoms with Gasteiger partial charge in [0.05, 0.1) is 6.61 Å². The molecule has 47 heavy (non-hydrogen) atoms. The van der Waals surface area contributed by atoms with Crippen LogP contribution in [0.1, 0.15) is 24.8 Å². The summed E-state index contributed by atoms with van der Waals surface area (Å²) in [5.74, 6) is 2.04. The van der Waals surface area contributed by atoms with E-state index in [0.29, 0.717) is 43.4 Å². The summed E-state index contributed by atoms with van der Waals surface area (Å²) >= 11 is 0. The van der Waals surface area contributed by atoms with Crippen molar-refractivity contribution in [2.75, 3.05) is 31.2 Å². The number of hydrogen-bond donors (Lipinski definition) is 0. The zero-order valence-corrected chi connectivity index (χ0v) is 25.3. The Bertz CT molecular complexity index is 1620. The van der Waals surface area contributed by atoms with E-state index in [4.69, 9.17) is 18.9 Å². The van der Waals surface area contributed by atoms with Gasteiger partial charge in [-0.05, 0) is 89.9 Å². The maximum Gasteiger partial charge on any atom is 0.573 e. The highest BCUT2D eigenvalue weighted by atomic mass is 19.4. The minimum atomic E-state index is -4.72. The normalized spacial score (nSPS) is 16.6. The van der Waals surface area contributed by atoms with Gasteiger partial charge in [0.2, 0.25) is 0 Å². The van der Waals surface area contributed by atoms with E-state index < -0.39 is 11.3 Å². The van der Waals surface area contributed by atoms with E-state index in [1.54, 1.807) is 16.7 Å². The molecule has 0 bridgehead atoms. The van der Waals surface area contributed by atoms with Gasteiger partial charge in [0, 0.05) is 36.7 Å². The molecule has 0 amide bonds. The lowest BCUT2D eigenvalue weighted by Crippen LogP contribution is -2.35. The van der Waals surface area contributed by atoms with Crippen molar-refractivity contribution in [2.45, 2.75) is 44.9 Å². The highest BCUT2D eigenvalue weighted by Gasteiger charge is 2.31. The van der Waals surface area contributed by atoms with Crippen LogP contribution in [0.3, 0.4) is 0 Å². The fourth-order valence-corrected chi connectivity index (χ4v) is 5.44.